The van der Waals surface area contributed by atoms with E-state index in [0.717, 1.165) is 5.56 Å². The average molecular weight is 264 g/mol. The normalized spacial score (nSPS) is 13.7. The molecule has 1 rings (SSSR count). The third-order valence-electron chi connectivity index (χ3n) is 3.29. The minimum absolute atomic E-state index is 0.112. The number of thiocarbonyl (C=S) groups is 1. The minimum atomic E-state index is -0.765. The first kappa shape index (κ1) is 14.6. The molecule has 0 radical (unpaired) electrons. The van der Waals surface area contributed by atoms with Crippen LogP contribution in [0, 0.1) is 12.3 Å². The highest BCUT2D eigenvalue weighted by Gasteiger charge is 2.34. The molecule has 1 aromatic carbocycles. The monoisotopic (exact) mass is 264 g/mol. The Morgan fingerprint density at radius 3 is 2.67 bits per heavy atom. The van der Waals surface area contributed by atoms with Gasteiger partial charge < -0.3 is 11.1 Å². The van der Waals surface area contributed by atoms with Gasteiger partial charge in [-0.15, -0.1) is 0 Å². The van der Waals surface area contributed by atoms with E-state index in [-0.39, 0.29) is 10.9 Å². The van der Waals surface area contributed by atoms with Crippen LogP contribution in [-0.2, 0) is 11.3 Å². The topological polar surface area (TPSA) is 55.1 Å². The van der Waals surface area contributed by atoms with E-state index in [0.29, 0.717) is 13.0 Å². The molecule has 0 saturated carbocycles. The third-order valence-corrected chi connectivity index (χ3v) is 3.74. The summed E-state index contributed by atoms with van der Waals surface area (Å²) in [7, 11) is 0. The van der Waals surface area contributed by atoms with Gasteiger partial charge in [-0.05, 0) is 25.8 Å². The van der Waals surface area contributed by atoms with Crippen LogP contribution in [0.5, 0.6) is 0 Å². The first-order chi connectivity index (χ1) is 8.40. The number of rotatable bonds is 5. The fourth-order valence-corrected chi connectivity index (χ4v) is 1.88. The summed E-state index contributed by atoms with van der Waals surface area (Å²) in [5, 5.41) is 2.89. The summed E-state index contributed by atoms with van der Waals surface area (Å²) < 4.78 is 0. The maximum absolute atomic E-state index is 12.1. The number of carbonyl (C=O) groups excluding carboxylic acids is 1. The summed E-state index contributed by atoms with van der Waals surface area (Å²) in [5.41, 5.74) is 7.13. The largest absolute Gasteiger partial charge is 0.392 e. The van der Waals surface area contributed by atoms with Gasteiger partial charge in [0.15, 0.2) is 0 Å². The molecular formula is C14H20N2OS. The van der Waals surface area contributed by atoms with Gasteiger partial charge >= 0.3 is 0 Å². The van der Waals surface area contributed by atoms with Gasteiger partial charge in [-0.1, -0.05) is 49.0 Å². The van der Waals surface area contributed by atoms with Crippen molar-refractivity contribution in [2.24, 2.45) is 11.1 Å². The molecule has 0 spiro atoms. The molecular weight excluding hydrogens is 244 g/mol. The van der Waals surface area contributed by atoms with E-state index in [4.69, 9.17) is 18.0 Å². The summed E-state index contributed by atoms with van der Waals surface area (Å²) in [4.78, 5) is 12.4. The fourth-order valence-electron chi connectivity index (χ4n) is 1.65. The van der Waals surface area contributed by atoms with Crippen LogP contribution in [0.25, 0.3) is 0 Å². The van der Waals surface area contributed by atoms with Gasteiger partial charge in [-0.2, -0.15) is 0 Å². The summed E-state index contributed by atoms with van der Waals surface area (Å²) in [6, 6.07) is 8.03. The van der Waals surface area contributed by atoms with Crippen molar-refractivity contribution < 1.29 is 4.79 Å². The van der Waals surface area contributed by atoms with E-state index in [1.54, 1.807) is 6.92 Å². The molecule has 0 aromatic heterocycles. The van der Waals surface area contributed by atoms with Crippen LogP contribution in [0.1, 0.15) is 31.4 Å². The maximum Gasteiger partial charge on any atom is 0.233 e. The van der Waals surface area contributed by atoms with E-state index < -0.39 is 5.41 Å². The maximum atomic E-state index is 12.1. The molecule has 0 bridgehead atoms. The van der Waals surface area contributed by atoms with Crippen molar-refractivity contribution in [3.05, 3.63) is 35.4 Å². The number of carbonyl (C=O) groups is 1. The zero-order valence-electron chi connectivity index (χ0n) is 11.1. The number of amides is 1. The molecule has 0 saturated heterocycles. The lowest BCUT2D eigenvalue weighted by molar-refractivity contribution is -0.127. The van der Waals surface area contributed by atoms with Crippen molar-refractivity contribution in [3.63, 3.8) is 0 Å². The Hall–Kier alpha value is -1.42. The lowest BCUT2D eigenvalue weighted by atomic mass is 9.86. The number of hydrogen-bond acceptors (Lipinski definition) is 2. The Bertz CT molecular complexity index is 459. The highest BCUT2D eigenvalue weighted by molar-refractivity contribution is 7.80. The summed E-state index contributed by atoms with van der Waals surface area (Å²) in [6.07, 6.45) is 0.599. The molecule has 98 valence electrons. The second-order valence-electron chi connectivity index (χ2n) is 4.72. The Kier molecular flexibility index (Phi) is 4.84. The lowest BCUT2D eigenvalue weighted by Gasteiger charge is -2.25. The smallest absolute Gasteiger partial charge is 0.233 e. The van der Waals surface area contributed by atoms with Gasteiger partial charge in [0.05, 0.1) is 10.4 Å². The predicted molar refractivity (Wildman–Crippen MR) is 78.2 cm³/mol. The van der Waals surface area contributed by atoms with Gasteiger partial charge in [-0.25, -0.2) is 0 Å². The second-order valence-corrected chi connectivity index (χ2v) is 5.16. The number of hydrogen-bond donors (Lipinski definition) is 2. The summed E-state index contributed by atoms with van der Waals surface area (Å²) in [5.74, 6) is -0.112. The van der Waals surface area contributed by atoms with Crippen LogP contribution in [0.4, 0.5) is 0 Å². The Morgan fingerprint density at radius 1 is 1.50 bits per heavy atom. The molecule has 18 heavy (non-hydrogen) atoms. The lowest BCUT2D eigenvalue weighted by Crippen LogP contribution is -2.46. The Morgan fingerprint density at radius 2 is 2.17 bits per heavy atom. The van der Waals surface area contributed by atoms with Crippen molar-refractivity contribution in [1.29, 1.82) is 0 Å². The SMILES string of the molecule is CCC(C)(C(=O)NCc1cccc(C)c1)C(N)=S. The van der Waals surface area contributed by atoms with E-state index in [2.05, 4.69) is 5.32 Å². The van der Waals surface area contributed by atoms with Crippen molar-refractivity contribution >= 4 is 23.1 Å². The molecule has 0 aliphatic carbocycles. The highest BCUT2D eigenvalue weighted by atomic mass is 32.1. The van der Waals surface area contributed by atoms with Crippen LogP contribution in [0.3, 0.4) is 0 Å². The molecule has 4 heteroatoms. The van der Waals surface area contributed by atoms with Gasteiger partial charge in [0.25, 0.3) is 0 Å². The molecule has 0 fully saturated rings. The standard InChI is InChI=1S/C14H20N2OS/c1-4-14(3,12(15)18)13(17)16-9-11-7-5-6-10(2)8-11/h5-8H,4,9H2,1-3H3,(H2,15,18)(H,16,17). The quantitative estimate of drug-likeness (QED) is 0.802. The zero-order chi connectivity index (χ0) is 13.8. The molecule has 0 aliphatic rings. The predicted octanol–water partition coefficient (Wildman–Crippen LogP) is 2.31. The molecule has 3 N–H and O–H groups in total. The summed E-state index contributed by atoms with van der Waals surface area (Å²) >= 11 is 4.97. The Labute approximate surface area is 114 Å². The average Bonchev–Trinajstić information content (AvgIpc) is 2.34. The molecule has 0 aliphatic heterocycles. The van der Waals surface area contributed by atoms with Crippen LogP contribution in [0.15, 0.2) is 24.3 Å². The van der Waals surface area contributed by atoms with Crippen molar-refractivity contribution in [2.45, 2.75) is 33.7 Å². The van der Waals surface area contributed by atoms with Crippen LogP contribution in [0.2, 0.25) is 0 Å². The first-order valence-electron chi connectivity index (χ1n) is 6.04. The van der Waals surface area contributed by atoms with Crippen LogP contribution < -0.4 is 11.1 Å². The highest BCUT2D eigenvalue weighted by Crippen LogP contribution is 2.21. The van der Waals surface area contributed by atoms with E-state index >= 15 is 0 Å². The third kappa shape index (κ3) is 3.29. The van der Waals surface area contributed by atoms with Crippen molar-refractivity contribution in [3.8, 4) is 0 Å². The molecule has 3 nitrogen and oxygen atoms in total. The van der Waals surface area contributed by atoms with Crippen LogP contribution >= 0.6 is 12.2 Å². The first-order valence-corrected chi connectivity index (χ1v) is 6.44. The molecule has 1 aromatic rings. The van der Waals surface area contributed by atoms with Gasteiger partial charge in [0.2, 0.25) is 5.91 Å². The number of nitrogens with two attached hydrogens (primary N) is 1. The molecule has 1 amide bonds. The Balaban J connectivity index is 2.69. The van der Waals surface area contributed by atoms with Crippen molar-refractivity contribution in [2.75, 3.05) is 0 Å². The van der Waals surface area contributed by atoms with Gasteiger partial charge in [0, 0.05) is 6.54 Å². The van der Waals surface area contributed by atoms with Crippen molar-refractivity contribution in [1.82, 2.24) is 5.32 Å². The van der Waals surface area contributed by atoms with Gasteiger partial charge in [0.1, 0.15) is 0 Å². The number of aryl methyl sites for hydroxylation is 1. The van der Waals surface area contributed by atoms with E-state index in [1.807, 2.05) is 38.1 Å². The fraction of sp³-hybridized carbons (Fsp3) is 0.429. The second kappa shape index (κ2) is 5.96. The number of benzene rings is 1. The van der Waals surface area contributed by atoms with Crippen LogP contribution in [-0.4, -0.2) is 10.9 Å². The van der Waals surface area contributed by atoms with E-state index in [9.17, 15) is 4.79 Å². The molecule has 1 atom stereocenters. The molecule has 0 heterocycles. The minimum Gasteiger partial charge on any atom is -0.392 e. The summed E-state index contributed by atoms with van der Waals surface area (Å²) in [6.45, 7) is 6.21. The zero-order valence-corrected chi connectivity index (χ0v) is 11.9. The van der Waals surface area contributed by atoms with E-state index in [1.165, 1.54) is 5.56 Å². The van der Waals surface area contributed by atoms with Gasteiger partial charge in [-0.3, -0.25) is 4.79 Å². The molecule has 1 unspecified atom stereocenters. The number of nitrogens with one attached hydrogen (secondary N) is 1.